The highest BCUT2D eigenvalue weighted by atomic mass is 16.3. The summed E-state index contributed by atoms with van der Waals surface area (Å²) in [5.41, 5.74) is 3.64. The maximum atomic E-state index is 9.40. The number of aromatic hydroxyl groups is 1. The lowest BCUT2D eigenvalue weighted by molar-refractivity contribution is 0.474. The van der Waals surface area contributed by atoms with Crippen molar-refractivity contribution < 1.29 is 5.11 Å². The highest BCUT2D eigenvalue weighted by molar-refractivity contribution is 5.51. The summed E-state index contributed by atoms with van der Waals surface area (Å²) < 4.78 is 0. The molecule has 2 rings (SSSR count). The lowest BCUT2D eigenvalue weighted by Crippen LogP contribution is -2.18. The molecule has 1 nitrogen and oxygen atoms in total. The van der Waals surface area contributed by atoms with Crippen LogP contribution >= 0.6 is 0 Å². The number of allylic oxidation sites excluding steroid dienone is 1. The molecule has 0 aliphatic heterocycles. The average Bonchev–Trinajstić information content (AvgIpc) is 2.46. The van der Waals surface area contributed by atoms with Crippen molar-refractivity contribution in [2.75, 3.05) is 0 Å². The molecule has 0 saturated heterocycles. The fourth-order valence-electron chi connectivity index (χ4n) is 2.31. The van der Waals surface area contributed by atoms with Crippen LogP contribution in [0.5, 0.6) is 5.75 Å². The second kappa shape index (κ2) is 5.96. The first-order valence-electron chi connectivity index (χ1n) is 7.10. The first kappa shape index (κ1) is 14.4. The van der Waals surface area contributed by atoms with Gasteiger partial charge in [-0.3, -0.25) is 0 Å². The summed E-state index contributed by atoms with van der Waals surface area (Å²) in [5, 5.41) is 9.40. The first-order valence-corrected chi connectivity index (χ1v) is 7.10. The minimum atomic E-state index is -0.0687. The summed E-state index contributed by atoms with van der Waals surface area (Å²) in [5.74, 6) is 0.310. The number of phenols is 1. The minimum absolute atomic E-state index is 0.0687. The summed E-state index contributed by atoms with van der Waals surface area (Å²) >= 11 is 0. The lowest BCUT2D eigenvalue weighted by Gasteiger charge is -2.26. The van der Waals surface area contributed by atoms with E-state index < -0.39 is 0 Å². The Kier molecular flexibility index (Phi) is 4.29. The van der Waals surface area contributed by atoms with Crippen LogP contribution in [-0.2, 0) is 5.41 Å². The van der Waals surface area contributed by atoms with Gasteiger partial charge in [0.15, 0.2) is 0 Å². The number of rotatable bonds is 4. The molecule has 0 saturated carbocycles. The zero-order valence-corrected chi connectivity index (χ0v) is 12.4. The number of hydrogen-bond donors (Lipinski definition) is 1. The topological polar surface area (TPSA) is 20.2 Å². The van der Waals surface area contributed by atoms with Crippen LogP contribution in [0.15, 0.2) is 54.6 Å². The van der Waals surface area contributed by atoms with Crippen molar-refractivity contribution >= 4 is 6.08 Å². The molecule has 0 heterocycles. The Balaban J connectivity index is 2.29. The second-order valence-corrected chi connectivity index (χ2v) is 5.60. The van der Waals surface area contributed by atoms with E-state index in [2.05, 4.69) is 57.2 Å². The highest BCUT2D eigenvalue weighted by Gasteiger charge is 2.22. The Morgan fingerprint density at radius 1 is 0.900 bits per heavy atom. The molecule has 0 radical (unpaired) electrons. The summed E-state index contributed by atoms with van der Waals surface area (Å²) in [4.78, 5) is 0. The first-order chi connectivity index (χ1) is 9.54. The predicted molar refractivity (Wildman–Crippen MR) is 86.0 cm³/mol. The molecule has 1 heteroatoms. The van der Waals surface area contributed by atoms with E-state index in [0.717, 1.165) is 6.42 Å². The SMILES string of the molecule is CCC=Cc1ccc(C(C)(C)c2ccc(O)cc2)cc1. The summed E-state index contributed by atoms with van der Waals surface area (Å²) in [7, 11) is 0. The molecule has 0 amide bonds. The van der Waals surface area contributed by atoms with Crippen LogP contribution in [-0.4, -0.2) is 5.11 Å². The normalized spacial score (nSPS) is 11.9. The Morgan fingerprint density at radius 3 is 1.90 bits per heavy atom. The summed E-state index contributed by atoms with van der Waals surface area (Å²) in [6.07, 6.45) is 5.37. The van der Waals surface area contributed by atoms with Gasteiger partial charge in [0.05, 0.1) is 0 Å². The Bertz CT molecular complexity index is 574. The van der Waals surface area contributed by atoms with Gasteiger partial charge >= 0.3 is 0 Å². The molecular formula is C19H22O. The molecule has 0 aliphatic carbocycles. The molecule has 0 bridgehead atoms. The summed E-state index contributed by atoms with van der Waals surface area (Å²) in [6, 6.07) is 16.1. The van der Waals surface area contributed by atoms with Gasteiger partial charge in [-0.25, -0.2) is 0 Å². The van der Waals surface area contributed by atoms with E-state index >= 15 is 0 Å². The molecule has 0 fully saturated rings. The quantitative estimate of drug-likeness (QED) is 0.812. The lowest BCUT2D eigenvalue weighted by atomic mass is 9.78. The minimum Gasteiger partial charge on any atom is -0.508 e. The monoisotopic (exact) mass is 266 g/mol. The predicted octanol–water partition coefficient (Wildman–Crippen LogP) is 5.14. The molecule has 0 aromatic heterocycles. The molecule has 2 aromatic carbocycles. The molecular weight excluding hydrogens is 244 g/mol. The van der Waals surface area contributed by atoms with Gasteiger partial charge < -0.3 is 5.11 Å². The standard InChI is InChI=1S/C19H22O/c1-4-5-6-15-7-9-16(10-8-15)19(2,3)17-11-13-18(20)14-12-17/h5-14,20H,4H2,1-3H3. The molecule has 0 unspecified atom stereocenters. The van der Waals surface area contributed by atoms with Crippen LogP contribution in [0.3, 0.4) is 0 Å². The number of hydrogen-bond acceptors (Lipinski definition) is 1. The number of phenolic OH excluding ortho intramolecular Hbond substituents is 1. The Hall–Kier alpha value is -2.02. The third kappa shape index (κ3) is 3.11. The van der Waals surface area contributed by atoms with Crippen molar-refractivity contribution in [2.24, 2.45) is 0 Å². The van der Waals surface area contributed by atoms with Gasteiger partial charge in [0.25, 0.3) is 0 Å². The van der Waals surface area contributed by atoms with Gasteiger partial charge in [-0.05, 0) is 35.2 Å². The van der Waals surface area contributed by atoms with Gasteiger partial charge in [0.2, 0.25) is 0 Å². The van der Waals surface area contributed by atoms with Crippen molar-refractivity contribution in [3.05, 3.63) is 71.3 Å². The fraction of sp³-hybridized carbons (Fsp3) is 0.263. The van der Waals surface area contributed by atoms with E-state index in [0.29, 0.717) is 5.75 Å². The van der Waals surface area contributed by atoms with Crippen LogP contribution in [0.2, 0.25) is 0 Å². The van der Waals surface area contributed by atoms with Crippen LogP contribution in [0, 0.1) is 0 Å². The Labute approximate surface area is 121 Å². The molecule has 0 atom stereocenters. The Morgan fingerprint density at radius 2 is 1.40 bits per heavy atom. The zero-order valence-electron chi connectivity index (χ0n) is 12.4. The van der Waals surface area contributed by atoms with Crippen LogP contribution in [0.1, 0.15) is 43.9 Å². The molecule has 0 spiro atoms. The van der Waals surface area contributed by atoms with Gasteiger partial charge in [0.1, 0.15) is 5.75 Å². The van der Waals surface area contributed by atoms with Crippen molar-refractivity contribution in [1.29, 1.82) is 0 Å². The maximum absolute atomic E-state index is 9.40. The van der Waals surface area contributed by atoms with E-state index in [1.807, 2.05) is 12.1 Å². The largest absolute Gasteiger partial charge is 0.508 e. The van der Waals surface area contributed by atoms with E-state index in [-0.39, 0.29) is 5.41 Å². The van der Waals surface area contributed by atoms with Gasteiger partial charge in [-0.2, -0.15) is 0 Å². The zero-order chi connectivity index (χ0) is 14.6. The molecule has 0 aliphatic rings. The van der Waals surface area contributed by atoms with Crippen molar-refractivity contribution in [2.45, 2.75) is 32.6 Å². The number of benzene rings is 2. The van der Waals surface area contributed by atoms with E-state index in [9.17, 15) is 5.11 Å². The molecule has 1 N–H and O–H groups in total. The van der Waals surface area contributed by atoms with Gasteiger partial charge in [-0.15, -0.1) is 0 Å². The fourth-order valence-corrected chi connectivity index (χ4v) is 2.31. The maximum Gasteiger partial charge on any atom is 0.115 e. The van der Waals surface area contributed by atoms with E-state index in [4.69, 9.17) is 0 Å². The summed E-state index contributed by atoms with van der Waals surface area (Å²) in [6.45, 7) is 6.55. The smallest absolute Gasteiger partial charge is 0.115 e. The molecule has 104 valence electrons. The third-order valence-electron chi connectivity index (χ3n) is 3.77. The average molecular weight is 266 g/mol. The van der Waals surface area contributed by atoms with Crippen LogP contribution in [0.4, 0.5) is 0 Å². The van der Waals surface area contributed by atoms with Gasteiger partial charge in [-0.1, -0.05) is 69.3 Å². The van der Waals surface area contributed by atoms with Crippen molar-refractivity contribution in [1.82, 2.24) is 0 Å². The second-order valence-electron chi connectivity index (χ2n) is 5.60. The third-order valence-corrected chi connectivity index (χ3v) is 3.77. The van der Waals surface area contributed by atoms with Crippen molar-refractivity contribution in [3.8, 4) is 5.75 Å². The molecule has 2 aromatic rings. The van der Waals surface area contributed by atoms with E-state index in [1.54, 1.807) is 12.1 Å². The van der Waals surface area contributed by atoms with E-state index in [1.165, 1.54) is 16.7 Å². The van der Waals surface area contributed by atoms with Crippen molar-refractivity contribution in [3.63, 3.8) is 0 Å². The molecule has 20 heavy (non-hydrogen) atoms. The highest BCUT2D eigenvalue weighted by Crippen LogP contribution is 2.32. The van der Waals surface area contributed by atoms with Gasteiger partial charge in [0, 0.05) is 5.41 Å². The van der Waals surface area contributed by atoms with Crippen LogP contribution in [0.25, 0.3) is 6.08 Å². The van der Waals surface area contributed by atoms with Crippen LogP contribution < -0.4 is 0 Å².